The molecule has 0 aliphatic carbocycles. The Hall–Kier alpha value is -3.34. The van der Waals surface area contributed by atoms with E-state index in [1.54, 1.807) is 0 Å². The van der Waals surface area contributed by atoms with E-state index < -0.39 is 5.91 Å². The van der Waals surface area contributed by atoms with Crippen LogP contribution in [-0.4, -0.2) is 62.4 Å². The van der Waals surface area contributed by atoms with Crippen molar-refractivity contribution in [3.63, 3.8) is 0 Å². The third kappa shape index (κ3) is 4.58. The van der Waals surface area contributed by atoms with E-state index in [-0.39, 0.29) is 33.9 Å². The number of nitrogens with two attached hydrogens (primary N) is 2. The molecule has 1 fully saturated rings. The van der Waals surface area contributed by atoms with Crippen molar-refractivity contribution < 1.29 is 9.59 Å². The first-order valence-corrected chi connectivity index (χ1v) is 11.3. The predicted molar refractivity (Wildman–Crippen MR) is 126 cm³/mol. The maximum atomic E-state index is 13.0. The number of halogens is 1. The third-order valence-corrected chi connectivity index (χ3v) is 6.38. The summed E-state index contributed by atoms with van der Waals surface area (Å²) >= 11 is 5.86. The number of carbonyl (C=O) groups excluding carboxylic acids is 2. The summed E-state index contributed by atoms with van der Waals surface area (Å²) in [5, 5.41) is 5.89. The number of hydrogen-bond acceptors (Lipinski definition) is 8. The van der Waals surface area contributed by atoms with Crippen LogP contribution in [0.2, 0.25) is 5.15 Å². The number of aryl methyl sites for hydroxylation is 2. The highest BCUT2D eigenvalue weighted by atomic mass is 35.5. The van der Waals surface area contributed by atoms with Gasteiger partial charge in [-0.15, -0.1) is 0 Å². The second-order valence-electron chi connectivity index (χ2n) is 8.54. The highest BCUT2D eigenvalue weighted by molar-refractivity contribution is 6.31. The highest BCUT2D eigenvalue weighted by Crippen LogP contribution is 2.27. The summed E-state index contributed by atoms with van der Waals surface area (Å²) in [6.07, 6.45) is 5.45. The molecule has 0 atom stereocenters. The molecule has 12 heteroatoms. The van der Waals surface area contributed by atoms with Crippen molar-refractivity contribution in [3.05, 3.63) is 34.4 Å². The van der Waals surface area contributed by atoms with Crippen molar-refractivity contribution in [3.8, 4) is 0 Å². The largest absolute Gasteiger partial charge is 0.382 e. The summed E-state index contributed by atoms with van der Waals surface area (Å²) in [5.74, 6) is -0.363. The summed E-state index contributed by atoms with van der Waals surface area (Å²) in [7, 11) is 1.91. The number of hydrogen-bond donors (Lipinski definition) is 4. The molecule has 0 bridgehead atoms. The third-order valence-electron chi connectivity index (χ3n) is 6.10. The molecule has 0 aromatic carbocycles. The van der Waals surface area contributed by atoms with E-state index in [0.29, 0.717) is 44.1 Å². The number of rotatable bonds is 4. The Balaban J connectivity index is 1.34. The molecular formula is C21H28ClN9O2. The Morgan fingerprint density at radius 1 is 1.24 bits per heavy atom. The quantitative estimate of drug-likeness (QED) is 0.514. The van der Waals surface area contributed by atoms with Gasteiger partial charge in [0, 0.05) is 26.3 Å². The lowest BCUT2D eigenvalue weighted by molar-refractivity contribution is 0.0659. The van der Waals surface area contributed by atoms with Gasteiger partial charge in [-0.3, -0.25) is 19.9 Å². The first kappa shape index (κ1) is 22.8. The molecule has 1 spiro atoms. The van der Waals surface area contributed by atoms with Gasteiger partial charge < -0.3 is 26.3 Å². The molecule has 2 aromatic heterocycles. The van der Waals surface area contributed by atoms with E-state index in [1.165, 1.54) is 5.56 Å². The molecule has 0 unspecified atom stereocenters. The maximum Gasteiger partial charge on any atom is 0.280 e. The summed E-state index contributed by atoms with van der Waals surface area (Å²) in [5.41, 5.74) is 12.8. The van der Waals surface area contributed by atoms with Gasteiger partial charge in [0.25, 0.3) is 11.8 Å². The van der Waals surface area contributed by atoms with E-state index in [4.69, 9.17) is 23.1 Å². The number of amides is 2. The topological polar surface area (TPSA) is 157 Å². The van der Waals surface area contributed by atoms with E-state index in [0.717, 1.165) is 12.8 Å². The Morgan fingerprint density at radius 3 is 2.67 bits per heavy atom. The molecule has 2 amide bonds. The second-order valence-corrected chi connectivity index (χ2v) is 8.90. The molecule has 2 aliphatic rings. The number of nitrogens with one attached hydrogen (secondary N) is 2. The number of nitrogens with zero attached hydrogens (tertiary/aromatic N) is 5. The minimum Gasteiger partial charge on any atom is -0.382 e. The first-order valence-electron chi connectivity index (χ1n) is 10.9. The molecule has 2 aliphatic heterocycles. The molecule has 0 radical (unpaired) electrons. The monoisotopic (exact) mass is 473 g/mol. The van der Waals surface area contributed by atoms with Crippen LogP contribution in [0.5, 0.6) is 0 Å². The van der Waals surface area contributed by atoms with E-state index in [2.05, 4.69) is 32.5 Å². The summed E-state index contributed by atoms with van der Waals surface area (Å²) < 4.78 is 1.90. The summed E-state index contributed by atoms with van der Waals surface area (Å²) in [4.78, 5) is 39.7. The number of likely N-dealkylation sites (tertiary alicyclic amines) is 1. The maximum absolute atomic E-state index is 13.0. The van der Waals surface area contributed by atoms with Gasteiger partial charge in [-0.1, -0.05) is 24.9 Å². The summed E-state index contributed by atoms with van der Waals surface area (Å²) in [6.45, 7) is 3.82. The fourth-order valence-corrected chi connectivity index (χ4v) is 4.39. The minimum absolute atomic E-state index is 0.0384. The van der Waals surface area contributed by atoms with Crippen molar-refractivity contribution in [2.45, 2.75) is 38.1 Å². The van der Waals surface area contributed by atoms with Gasteiger partial charge in [-0.05, 0) is 30.9 Å². The zero-order valence-electron chi connectivity index (χ0n) is 18.7. The van der Waals surface area contributed by atoms with Crippen molar-refractivity contribution in [2.75, 3.05) is 31.1 Å². The Bertz CT molecular complexity index is 1120. The average molecular weight is 474 g/mol. The van der Waals surface area contributed by atoms with Crippen LogP contribution in [-0.2, 0) is 13.5 Å². The van der Waals surface area contributed by atoms with Crippen LogP contribution in [0.4, 0.5) is 11.6 Å². The fourth-order valence-electron chi connectivity index (χ4n) is 4.26. The molecule has 1 saturated heterocycles. The Kier molecular flexibility index (Phi) is 6.15. The molecule has 4 rings (SSSR count). The number of anilines is 2. The van der Waals surface area contributed by atoms with Gasteiger partial charge >= 0.3 is 0 Å². The van der Waals surface area contributed by atoms with Gasteiger partial charge in [0.1, 0.15) is 5.69 Å². The van der Waals surface area contributed by atoms with Crippen LogP contribution < -0.4 is 22.1 Å². The van der Waals surface area contributed by atoms with Crippen molar-refractivity contribution in [1.82, 2.24) is 30.1 Å². The van der Waals surface area contributed by atoms with Gasteiger partial charge in [-0.2, -0.15) is 0 Å². The van der Waals surface area contributed by atoms with E-state index in [9.17, 15) is 9.59 Å². The molecular weight excluding hydrogens is 446 g/mol. The van der Waals surface area contributed by atoms with Gasteiger partial charge in [-0.25, -0.2) is 9.97 Å². The fraction of sp³-hybridized carbons (Fsp3) is 0.476. The number of piperidine rings is 1. The first-order chi connectivity index (χ1) is 15.7. The normalized spacial score (nSPS) is 17.1. The van der Waals surface area contributed by atoms with Crippen LogP contribution in [0.3, 0.4) is 0 Å². The Morgan fingerprint density at radius 2 is 1.97 bits per heavy atom. The smallest absolute Gasteiger partial charge is 0.280 e. The van der Waals surface area contributed by atoms with Crippen LogP contribution in [0.1, 0.15) is 52.7 Å². The van der Waals surface area contributed by atoms with Crippen LogP contribution in [0.15, 0.2) is 17.3 Å². The van der Waals surface area contributed by atoms with Crippen LogP contribution in [0.25, 0.3) is 0 Å². The highest BCUT2D eigenvalue weighted by Gasteiger charge is 2.40. The van der Waals surface area contributed by atoms with Crippen molar-refractivity contribution in [2.24, 2.45) is 12.0 Å². The molecule has 11 nitrogen and oxygen atoms in total. The standard InChI is InChI=1S/C21H28ClN9O2/c1-3-4-12-9-13(30(2)10-12)19(33)31-7-5-21(6-8-31)11-25-20(29-21)28-18(32)14-16(23)27-17(24)15(22)26-14/h9-10H,3-8,11H2,1-2H3,(H4,23,24,27)(H2,25,28,29,32). The lowest BCUT2D eigenvalue weighted by Crippen LogP contribution is -2.57. The average Bonchev–Trinajstić information content (AvgIpc) is 3.34. The number of aromatic nitrogens is 3. The van der Waals surface area contributed by atoms with Crippen LogP contribution in [0, 0.1) is 0 Å². The molecule has 176 valence electrons. The molecule has 33 heavy (non-hydrogen) atoms. The van der Waals surface area contributed by atoms with Crippen molar-refractivity contribution in [1.29, 1.82) is 0 Å². The molecule has 4 heterocycles. The van der Waals surface area contributed by atoms with E-state index >= 15 is 0 Å². The van der Waals surface area contributed by atoms with Gasteiger partial charge in [0.2, 0.25) is 0 Å². The summed E-state index contributed by atoms with van der Waals surface area (Å²) in [6, 6.07) is 1.98. The zero-order chi connectivity index (χ0) is 23.8. The lowest BCUT2D eigenvalue weighted by atomic mass is 9.88. The van der Waals surface area contributed by atoms with Gasteiger partial charge in [0.05, 0.1) is 12.1 Å². The van der Waals surface area contributed by atoms with Crippen molar-refractivity contribution >= 4 is 41.0 Å². The molecule has 6 N–H and O–H groups in total. The van der Waals surface area contributed by atoms with Crippen LogP contribution >= 0.6 is 11.6 Å². The number of aliphatic imine (C=N–C) groups is 1. The molecule has 2 aromatic rings. The number of nitrogen functional groups attached to an aromatic ring is 2. The molecule has 0 saturated carbocycles. The predicted octanol–water partition coefficient (Wildman–Crippen LogP) is 0.949. The van der Waals surface area contributed by atoms with E-state index in [1.807, 2.05) is 28.8 Å². The lowest BCUT2D eigenvalue weighted by Gasteiger charge is -2.39. The zero-order valence-corrected chi connectivity index (χ0v) is 19.4. The Labute approximate surface area is 196 Å². The van der Waals surface area contributed by atoms with Gasteiger partial charge in [0.15, 0.2) is 28.4 Å². The SMILES string of the molecule is CCCc1cc(C(=O)N2CCC3(CC2)CN=C(NC(=O)c2nc(Cl)c(N)nc2N)N3)n(C)c1. The second kappa shape index (κ2) is 8.89. The minimum atomic E-state index is -0.579. The number of guanidine groups is 1. The number of carbonyl (C=O) groups is 2.